The molecule has 0 aliphatic heterocycles. The summed E-state index contributed by atoms with van der Waals surface area (Å²) in [6.07, 6.45) is 6.20. The molecule has 1 amide bonds. The van der Waals surface area contributed by atoms with Gasteiger partial charge in [-0.1, -0.05) is 0 Å². The van der Waals surface area contributed by atoms with Crippen molar-refractivity contribution in [3.63, 3.8) is 0 Å². The Kier molecular flexibility index (Phi) is 4.46. The zero-order valence-electron chi connectivity index (χ0n) is 10.3. The van der Waals surface area contributed by atoms with E-state index in [1.54, 1.807) is 0 Å². The van der Waals surface area contributed by atoms with Gasteiger partial charge in [0.15, 0.2) is 0 Å². The van der Waals surface area contributed by atoms with Gasteiger partial charge in [0, 0.05) is 19.8 Å². The van der Waals surface area contributed by atoms with E-state index in [4.69, 9.17) is 10.5 Å². The molecule has 1 aliphatic rings. The normalized spacial score (nSPS) is 14.4. The van der Waals surface area contributed by atoms with Crippen molar-refractivity contribution in [2.45, 2.75) is 19.3 Å². The fourth-order valence-electron chi connectivity index (χ4n) is 1.49. The first-order valence-electron chi connectivity index (χ1n) is 6.19. The largest absolute Gasteiger partial charge is 0.382 e. The maximum absolute atomic E-state index is 11.6. The Morgan fingerprint density at radius 2 is 2.33 bits per heavy atom. The second-order valence-electron chi connectivity index (χ2n) is 4.46. The van der Waals surface area contributed by atoms with E-state index in [2.05, 4.69) is 15.3 Å². The number of hydrogen-bond acceptors (Lipinski definition) is 5. The fraction of sp³-hybridized carbons (Fsp3) is 0.583. The van der Waals surface area contributed by atoms with Crippen LogP contribution in [-0.4, -0.2) is 35.6 Å². The van der Waals surface area contributed by atoms with Crippen molar-refractivity contribution >= 4 is 11.7 Å². The quantitative estimate of drug-likeness (QED) is 0.692. The van der Waals surface area contributed by atoms with Crippen molar-refractivity contribution in [2.75, 3.05) is 25.5 Å². The molecule has 18 heavy (non-hydrogen) atoms. The molecule has 2 rings (SSSR count). The molecule has 1 aromatic rings. The average molecular weight is 250 g/mol. The molecule has 6 heteroatoms. The fourth-order valence-corrected chi connectivity index (χ4v) is 1.49. The molecule has 1 heterocycles. The van der Waals surface area contributed by atoms with E-state index in [1.807, 2.05) is 0 Å². The molecule has 0 atom stereocenters. The third-order valence-corrected chi connectivity index (χ3v) is 2.69. The van der Waals surface area contributed by atoms with Gasteiger partial charge in [0.2, 0.25) is 0 Å². The number of anilines is 1. The van der Waals surface area contributed by atoms with Crippen LogP contribution in [0.5, 0.6) is 0 Å². The topological polar surface area (TPSA) is 90.1 Å². The van der Waals surface area contributed by atoms with Crippen LogP contribution >= 0.6 is 0 Å². The molecule has 0 unspecified atom stereocenters. The summed E-state index contributed by atoms with van der Waals surface area (Å²) in [5.41, 5.74) is 5.70. The highest BCUT2D eigenvalue weighted by Crippen LogP contribution is 2.28. The van der Waals surface area contributed by atoms with E-state index in [9.17, 15) is 4.79 Å². The monoisotopic (exact) mass is 250 g/mol. The van der Waals surface area contributed by atoms with Crippen molar-refractivity contribution in [2.24, 2.45) is 5.92 Å². The number of hydrogen-bond donors (Lipinski definition) is 2. The highest BCUT2D eigenvalue weighted by molar-refractivity contribution is 5.92. The minimum Gasteiger partial charge on any atom is -0.382 e. The number of amides is 1. The second-order valence-corrected chi connectivity index (χ2v) is 4.46. The lowest BCUT2D eigenvalue weighted by Gasteiger charge is -2.05. The summed E-state index contributed by atoms with van der Waals surface area (Å²) in [5.74, 6) is 0.773. The first-order chi connectivity index (χ1) is 8.75. The number of rotatable bonds is 7. The molecule has 0 radical (unpaired) electrons. The highest BCUT2D eigenvalue weighted by atomic mass is 16.5. The molecule has 3 N–H and O–H groups in total. The smallest absolute Gasteiger partial charge is 0.271 e. The van der Waals surface area contributed by atoms with E-state index >= 15 is 0 Å². The van der Waals surface area contributed by atoms with E-state index in [0.717, 1.165) is 18.9 Å². The summed E-state index contributed by atoms with van der Waals surface area (Å²) >= 11 is 0. The van der Waals surface area contributed by atoms with Crippen LogP contribution in [0.3, 0.4) is 0 Å². The van der Waals surface area contributed by atoms with Gasteiger partial charge in [-0.05, 0) is 25.2 Å². The van der Waals surface area contributed by atoms with E-state index < -0.39 is 0 Å². The predicted molar refractivity (Wildman–Crippen MR) is 66.9 cm³/mol. The van der Waals surface area contributed by atoms with Gasteiger partial charge < -0.3 is 15.8 Å². The van der Waals surface area contributed by atoms with Crippen molar-refractivity contribution in [1.82, 2.24) is 15.3 Å². The molecule has 0 spiro atoms. The van der Waals surface area contributed by atoms with Crippen molar-refractivity contribution < 1.29 is 9.53 Å². The van der Waals surface area contributed by atoms with Crippen LogP contribution in [0.25, 0.3) is 0 Å². The third kappa shape index (κ3) is 4.29. The zero-order chi connectivity index (χ0) is 12.8. The molecule has 1 aromatic heterocycles. The molecule has 0 aromatic carbocycles. The Morgan fingerprint density at radius 1 is 1.50 bits per heavy atom. The van der Waals surface area contributed by atoms with Crippen molar-refractivity contribution in [1.29, 1.82) is 0 Å². The Labute approximate surface area is 106 Å². The SMILES string of the molecule is Nc1cncc(C(=O)NCCCOCC2CC2)n1. The van der Waals surface area contributed by atoms with Gasteiger partial charge >= 0.3 is 0 Å². The first kappa shape index (κ1) is 12.8. The molecular weight excluding hydrogens is 232 g/mol. The summed E-state index contributed by atoms with van der Waals surface area (Å²) in [4.78, 5) is 19.3. The van der Waals surface area contributed by atoms with Crippen LogP contribution in [0.4, 0.5) is 5.82 Å². The molecule has 1 fully saturated rings. The first-order valence-corrected chi connectivity index (χ1v) is 6.19. The summed E-state index contributed by atoms with van der Waals surface area (Å²) in [6, 6.07) is 0. The zero-order valence-corrected chi connectivity index (χ0v) is 10.3. The minimum atomic E-state index is -0.253. The van der Waals surface area contributed by atoms with Crippen molar-refractivity contribution in [3.05, 3.63) is 18.1 Å². The summed E-state index contributed by atoms with van der Waals surface area (Å²) in [6.45, 7) is 2.11. The van der Waals surface area contributed by atoms with Gasteiger partial charge in [0.1, 0.15) is 11.5 Å². The van der Waals surface area contributed by atoms with Crippen LogP contribution in [0.2, 0.25) is 0 Å². The van der Waals surface area contributed by atoms with Crippen LogP contribution < -0.4 is 11.1 Å². The Bertz CT molecular complexity index is 407. The molecule has 0 saturated heterocycles. The van der Waals surface area contributed by atoms with Gasteiger partial charge in [-0.25, -0.2) is 4.98 Å². The molecule has 98 valence electrons. The van der Waals surface area contributed by atoms with Gasteiger partial charge in [0.05, 0.1) is 12.4 Å². The molecule has 0 bridgehead atoms. The maximum atomic E-state index is 11.6. The number of nitrogens with one attached hydrogen (secondary N) is 1. The second kappa shape index (κ2) is 6.30. The average Bonchev–Trinajstić information content (AvgIpc) is 3.17. The van der Waals surface area contributed by atoms with Gasteiger partial charge in [-0.3, -0.25) is 9.78 Å². The van der Waals surface area contributed by atoms with E-state index in [0.29, 0.717) is 13.2 Å². The van der Waals surface area contributed by atoms with Gasteiger partial charge in [-0.15, -0.1) is 0 Å². The lowest BCUT2D eigenvalue weighted by Crippen LogP contribution is -2.26. The van der Waals surface area contributed by atoms with Crippen LogP contribution in [0.1, 0.15) is 29.8 Å². The number of aromatic nitrogens is 2. The molecule has 6 nitrogen and oxygen atoms in total. The highest BCUT2D eigenvalue weighted by Gasteiger charge is 2.20. The minimum absolute atomic E-state index is 0.244. The maximum Gasteiger partial charge on any atom is 0.271 e. The number of carbonyl (C=O) groups excluding carboxylic acids is 1. The molecule has 1 aliphatic carbocycles. The Balaban J connectivity index is 1.59. The number of nitrogen functional groups attached to an aromatic ring is 1. The number of nitrogens with two attached hydrogens (primary N) is 1. The number of ether oxygens (including phenoxy) is 1. The van der Waals surface area contributed by atoms with Gasteiger partial charge in [0.25, 0.3) is 5.91 Å². The standard InChI is InChI=1S/C12H18N4O2/c13-11-7-14-6-10(16-11)12(17)15-4-1-5-18-8-9-2-3-9/h6-7,9H,1-5,8H2,(H2,13,16)(H,15,17). The van der Waals surface area contributed by atoms with Crippen molar-refractivity contribution in [3.8, 4) is 0 Å². The molecular formula is C12H18N4O2. The summed E-state index contributed by atoms with van der Waals surface area (Å²) in [7, 11) is 0. The predicted octanol–water partition coefficient (Wildman–Crippen LogP) is 0.605. The van der Waals surface area contributed by atoms with E-state index in [1.165, 1.54) is 25.2 Å². The van der Waals surface area contributed by atoms with Gasteiger partial charge in [-0.2, -0.15) is 0 Å². The molecule has 1 saturated carbocycles. The summed E-state index contributed by atoms with van der Waals surface area (Å²) < 4.78 is 5.46. The Hall–Kier alpha value is -1.69. The van der Waals surface area contributed by atoms with Crippen LogP contribution in [0, 0.1) is 5.92 Å². The van der Waals surface area contributed by atoms with E-state index in [-0.39, 0.29) is 17.4 Å². The lowest BCUT2D eigenvalue weighted by atomic mass is 10.4. The summed E-state index contributed by atoms with van der Waals surface area (Å²) in [5, 5.41) is 2.75. The number of carbonyl (C=O) groups is 1. The number of nitrogens with zero attached hydrogens (tertiary/aromatic N) is 2. The van der Waals surface area contributed by atoms with Crippen LogP contribution in [0.15, 0.2) is 12.4 Å². The third-order valence-electron chi connectivity index (χ3n) is 2.69. The van der Waals surface area contributed by atoms with Crippen LogP contribution in [-0.2, 0) is 4.74 Å². The Morgan fingerprint density at radius 3 is 3.06 bits per heavy atom. The lowest BCUT2D eigenvalue weighted by molar-refractivity contribution is 0.0932.